The summed E-state index contributed by atoms with van der Waals surface area (Å²) in [6.07, 6.45) is 3.98. The summed E-state index contributed by atoms with van der Waals surface area (Å²) in [7, 11) is 0. The first-order valence-corrected chi connectivity index (χ1v) is 6.83. The van der Waals surface area contributed by atoms with Gasteiger partial charge in [-0.25, -0.2) is 9.37 Å². The van der Waals surface area contributed by atoms with E-state index in [1.165, 1.54) is 12.1 Å². The summed E-state index contributed by atoms with van der Waals surface area (Å²) in [4.78, 5) is 4.15. The van der Waals surface area contributed by atoms with Gasteiger partial charge in [0, 0.05) is 18.5 Å². The standard InChI is InChI=1S/C15H17FN2O2/c1-2-5-18-9-17-8-12(18)15-7-13(19)11-6-10(16)3-4-14(11)20-15/h3-4,6,8-9,13,15,19H,2,5,7H2,1H3/t13-,15?/m0/s1. The van der Waals surface area contributed by atoms with Gasteiger partial charge in [-0.1, -0.05) is 6.92 Å². The third kappa shape index (κ3) is 2.29. The second-order valence-corrected chi connectivity index (χ2v) is 5.05. The first-order chi connectivity index (χ1) is 9.69. The van der Waals surface area contributed by atoms with Gasteiger partial charge in [0.25, 0.3) is 0 Å². The molecule has 0 radical (unpaired) electrons. The van der Waals surface area contributed by atoms with E-state index in [0.29, 0.717) is 17.7 Å². The van der Waals surface area contributed by atoms with Crippen molar-refractivity contribution in [1.82, 2.24) is 9.55 Å². The minimum absolute atomic E-state index is 0.253. The Hall–Kier alpha value is -1.88. The number of aromatic nitrogens is 2. The maximum atomic E-state index is 13.2. The van der Waals surface area contributed by atoms with Crippen LogP contribution in [0.2, 0.25) is 0 Å². The number of hydrogen-bond donors (Lipinski definition) is 1. The summed E-state index contributed by atoms with van der Waals surface area (Å²) >= 11 is 0. The molecule has 0 fully saturated rings. The molecule has 0 spiro atoms. The molecular formula is C15H17FN2O2. The zero-order valence-corrected chi connectivity index (χ0v) is 11.3. The Bertz CT molecular complexity index is 612. The SMILES string of the molecule is CCCn1cncc1C1C[C@H](O)c2cc(F)ccc2O1. The van der Waals surface area contributed by atoms with Crippen molar-refractivity contribution in [2.75, 3.05) is 0 Å². The molecule has 0 bridgehead atoms. The second kappa shape index (κ2) is 5.25. The molecule has 1 N–H and O–H groups in total. The topological polar surface area (TPSA) is 47.3 Å². The molecule has 20 heavy (non-hydrogen) atoms. The monoisotopic (exact) mass is 276 g/mol. The Morgan fingerprint density at radius 1 is 1.50 bits per heavy atom. The maximum absolute atomic E-state index is 13.2. The summed E-state index contributed by atoms with van der Waals surface area (Å²) in [5, 5.41) is 10.2. The van der Waals surface area contributed by atoms with Crippen molar-refractivity contribution in [2.24, 2.45) is 0 Å². The third-order valence-corrected chi connectivity index (χ3v) is 3.58. The number of imidazole rings is 1. The van der Waals surface area contributed by atoms with E-state index in [0.717, 1.165) is 18.7 Å². The van der Waals surface area contributed by atoms with Crippen molar-refractivity contribution >= 4 is 0 Å². The lowest BCUT2D eigenvalue weighted by Gasteiger charge is -2.30. The van der Waals surface area contributed by atoms with Crippen LogP contribution in [0.3, 0.4) is 0 Å². The fourth-order valence-electron chi connectivity index (χ4n) is 2.63. The molecule has 2 heterocycles. The van der Waals surface area contributed by atoms with Gasteiger partial charge in [-0.2, -0.15) is 0 Å². The average Bonchev–Trinajstić information content (AvgIpc) is 2.88. The highest BCUT2D eigenvalue weighted by Gasteiger charge is 2.30. The van der Waals surface area contributed by atoms with Crippen LogP contribution in [-0.4, -0.2) is 14.7 Å². The van der Waals surface area contributed by atoms with Crippen LogP contribution in [0.5, 0.6) is 5.75 Å². The smallest absolute Gasteiger partial charge is 0.143 e. The molecule has 3 rings (SSSR count). The Kier molecular flexibility index (Phi) is 3.44. The van der Waals surface area contributed by atoms with E-state index < -0.39 is 6.10 Å². The van der Waals surface area contributed by atoms with Crippen LogP contribution < -0.4 is 4.74 Å². The average molecular weight is 276 g/mol. The van der Waals surface area contributed by atoms with Gasteiger partial charge in [-0.15, -0.1) is 0 Å². The van der Waals surface area contributed by atoms with E-state index in [2.05, 4.69) is 11.9 Å². The number of hydrogen-bond acceptors (Lipinski definition) is 3. The molecule has 1 unspecified atom stereocenters. The molecule has 2 aromatic rings. The zero-order valence-electron chi connectivity index (χ0n) is 11.3. The number of aryl methyl sites for hydroxylation is 1. The van der Waals surface area contributed by atoms with Crippen molar-refractivity contribution in [2.45, 2.75) is 38.5 Å². The van der Waals surface area contributed by atoms with E-state index in [4.69, 9.17) is 4.74 Å². The lowest BCUT2D eigenvalue weighted by molar-refractivity contribution is 0.0614. The van der Waals surface area contributed by atoms with Gasteiger partial charge in [-0.3, -0.25) is 0 Å². The van der Waals surface area contributed by atoms with Crippen molar-refractivity contribution in [3.05, 3.63) is 47.8 Å². The second-order valence-electron chi connectivity index (χ2n) is 5.05. The molecule has 0 aliphatic carbocycles. The van der Waals surface area contributed by atoms with Crippen molar-refractivity contribution < 1.29 is 14.2 Å². The molecule has 0 saturated carbocycles. The normalized spacial score (nSPS) is 21.4. The highest BCUT2D eigenvalue weighted by atomic mass is 19.1. The van der Waals surface area contributed by atoms with Gasteiger partial charge in [-0.05, 0) is 24.6 Å². The van der Waals surface area contributed by atoms with Crippen LogP contribution in [0.4, 0.5) is 4.39 Å². The van der Waals surface area contributed by atoms with E-state index in [1.807, 2.05) is 4.57 Å². The maximum Gasteiger partial charge on any atom is 0.143 e. The Morgan fingerprint density at radius 3 is 3.15 bits per heavy atom. The molecule has 1 aliphatic rings. The number of aliphatic hydroxyl groups is 1. The number of ether oxygens (including phenoxy) is 1. The summed E-state index contributed by atoms with van der Waals surface area (Å²) in [6, 6.07) is 4.25. The predicted octanol–water partition coefficient (Wildman–Crippen LogP) is 2.99. The summed E-state index contributed by atoms with van der Waals surface area (Å²) in [5.41, 5.74) is 1.46. The first-order valence-electron chi connectivity index (χ1n) is 6.83. The number of aliphatic hydroxyl groups excluding tert-OH is 1. The molecule has 0 saturated heterocycles. The molecular weight excluding hydrogens is 259 g/mol. The summed E-state index contributed by atoms with van der Waals surface area (Å²) < 4.78 is 21.2. The van der Waals surface area contributed by atoms with Crippen LogP contribution in [-0.2, 0) is 6.54 Å². The number of halogens is 1. The minimum atomic E-state index is -0.718. The largest absolute Gasteiger partial charge is 0.484 e. The summed E-state index contributed by atoms with van der Waals surface area (Å²) in [6.45, 7) is 2.96. The van der Waals surface area contributed by atoms with Crippen LogP contribution in [0.1, 0.15) is 43.2 Å². The molecule has 1 aromatic heterocycles. The van der Waals surface area contributed by atoms with Crippen LogP contribution in [0.15, 0.2) is 30.7 Å². The van der Waals surface area contributed by atoms with Crippen molar-refractivity contribution in [1.29, 1.82) is 0 Å². The van der Waals surface area contributed by atoms with Gasteiger partial charge in [0.05, 0.1) is 24.3 Å². The lowest BCUT2D eigenvalue weighted by atomic mass is 9.97. The molecule has 4 nitrogen and oxygen atoms in total. The predicted molar refractivity (Wildman–Crippen MR) is 71.9 cm³/mol. The molecule has 2 atom stereocenters. The Labute approximate surface area is 116 Å². The van der Waals surface area contributed by atoms with Gasteiger partial charge < -0.3 is 14.4 Å². The molecule has 106 valence electrons. The van der Waals surface area contributed by atoms with Crippen LogP contribution in [0, 0.1) is 5.82 Å². The summed E-state index contributed by atoms with van der Waals surface area (Å²) in [5.74, 6) is 0.181. The quantitative estimate of drug-likeness (QED) is 0.937. The number of benzene rings is 1. The fourth-order valence-corrected chi connectivity index (χ4v) is 2.63. The molecule has 1 aromatic carbocycles. The highest BCUT2D eigenvalue weighted by Crippen LogP contribution is 2.40. The number of fused-ring (bicyclic) bond motifs is 1. The fraction of sp³-hybridized carbons (Fsp3) is 0.400. The minimum Gasteiger partial charge on any atom is -0.484 e. The number of rotatable bonds is 3. The zero-order chi connectivity index (χ0) is 14.1. The number of nitrogens with zero attached hydrogens (tertiary/aromatic N) is 2. The van der Waals surface area contributed by atoms with E-state index >= 15 is 0 Å². The van der Waals surface area contributed by atoms with Crippen LogP contribution >= 0.6 is 0 Å². The lowest BCUT2D eigenvalue weighted by Crippen LogP contribution is -2.21. The highest BCUT2D eigenvalue weighted by molar-refractivity contribution is 5.38. The molecule has 0 amide bonds. The van der Waals surface area contributed by atoms with Gasteiger partial charge in [0.1, 0.15) is 17.7 Å². The van der Waals surface area contributed by atoms with Crippen molar-refractivity contribution in [3.63, 3.8) is 0 Å². The van der Waals surface area contributed by atoms with Gasteiger partial charge >= 0.3 is 0 Å². The van der Waals surface area contributed by atoms with E-state index in [-0.39, 0.29) is 11.9 Å². The van der Waals surface area contributed by atoms with E-state index in [9.17, 15) is 9.50 Å². The van der Waals surface area contributed by atoms with Gasteiger partial charge in [0.15, 0.2) is 0 Å². The Morgan fingerprint density at radius 2 is 2.35 bits per heavy atom. The van der Waals surface area contributed by atoms with Crippen LogP contribution in [0.25, 0.3) is 0 Å². The first kappa shape index (κ1) is 13.1. The van der Waals surface area contributed by atoms with E-state index in [1.54, 1.807) is 18.6 Å². The third-order valence-electron chi connectivity index (χ3n) is 3.58. The van der Waals surface area contributed by atoms with Crippen molar-refractivity contribution in [3.8, 4) is 5.75 Å². The molecule has 5 heteroatoms. The van der Waals surface area contributed by atoms with Gasteiger partial charge in [0.2, 0.25) is 0 Å². The molecule has 1 aliphatic heterocycles. The Balaban J connectivity index is 1.91.